The number of nitrogens with one attached hydrogen (secondary N) is 1. The summed E-state index contributed by atoms with van der Waals surface area (Å²) in [4.78, 5) is 21.5. The van der Waals surface area contributed by atoms with Gasteiger partial charge in [-0.2, -0.15) is 0 Å². The van der Waals surface area contributed by atoms with Crippen molar-refractivity contribution in [3.05, 3.63) is 47.2 Å². The number of hydrogen-bond acceptors (Lipinski definition) is 5. The second-order valence-corrected chi connectivity index (χ2v) is 6.27. The van der Waals surface area contributed by atoms with Gasteiger partial charge in [0, 0.05) is 6.92 Å². The SMILES string of the molecule is CC(=O)NC(C)c1ccc(OC2CN(c3ncc(Cl)cn3)C2)cc1. The predicted octanol–water partition coefficient (Wildman–Crippen LogP) is 2.59. The second-order valence-electron chi connectivity index (χ2n) is 5.84. The average Bonchev–Trinajstić information content (AvgIpc) is 2.51. The molecule has 1 aromatic carbocycles. The van der Waals surface area contributed by atoms with Crippen molar-refractivity contribution in [3.63, 3.8) is 0 Å². The molecule has 0 bridgehead atoms. The van der Waals surface area contributed by atoms with Gasteiger partial charge < -0.3 is 15.0 Å². The third kappa shape index (κ3) is 3.94. The molecule has 1 saturated heterocycles. The molecule has 2 aromatic rings. The van der Waals surface area contributed by atoms with E-state index in [0.29, 0.717) is 11.0 Å². The first-order valence-electron chi connectivity index (χ1n) is 7.77. The van der Waals surface area contributed by atoms with Crippen LogP contribution < -0.4 is 15.0 Å². The van der Waals surface area contributed by atoms with E-state index in [1.807, 2.05) is 36.1 Å². The van der Waals surface area contributed by atoms with Crippen LogP contribution in [0.3, 0.4) is 0 Å². The summed E-state index contributed by atoms with van der Waals surface area (Å²) in [5.74, 6) is 1.44. The standard InChI is InChI=1S/C17H19ClN4O2/c1-11(21-12(2)23)13-3-5-15(6-4-13)24-16-9-22(10-16)17-19-7-14(18)8-20-17/h3-8,11,16H,9-10H2,1-2H3,(H,21,23). The van der Waals surface area contributed by atoms with E-state index in [4.69, 9.17) is 16.3 Å². The summed E-state index contributed by atoms with van der Waals surface area (Å²) >= 11 is 5.78. The van der Waals surface area contributed by atoms with E-state index in [-0.39, 0.29) is 18.1 Å². The zero-order valence-electron chi connectivity index (χ0n) is 13.6. The Bertz CT molecular complexity index is 700. The van der Waals surface area contributed by atoms with E-state index >= 15 is 0 Å². The normalized spacial score (nSPS) is 15.5. The third-order valence-electron chi connectivity index (χ3n) is 3.84. The van der Waals surface area contributed by atoms with Gasteiger partial charge in [-0.3, -0.25) is 4.79 Å². The van der Waals surface area contributed by atoms with Crippen LogP contribution in [0, 0.1) is 0 Å². The molecule has 2 heterocycles. The zero-order chi connectivity index (χ0) is 17.1. The number of carbonyl (C=O) groups is 1. The maximum atomic E-state index is 11.1. The van der Waals surface area contributed by atoms with Gasteiger partial charge in [-0.1, -0.05) is 23.7 Å². The summed E-state index contributed by atoms with van der Waals surface area (Å²) in [6.45, 7) is 4.95. The van der Waals surface area contributed by atoms with Gasteiger partial charge in [0.2, 0.25) is 11.9 Å². The Balaban J connectivity index is 1.51. The maximum Gasteiger partial charge on any atom is 0.225 e. The third-order valence-corrected chi connectivity index (χ3v) is 4.04. The number of aromatic nitrogens is 2. The number of hydrogen-bond donors (Lipinski definition) is 1. The molecule has 6 nitrogen and oxygen atoms in total. The van der Waals surface area contributed by atoms with E-state index in [9.17, 15) is 4.79 Å². The van der Waals surface area contributed by atoms with Crippen LogP contribution >= 0.6 is 11.6 Å². The highest BCUT2D eigenvalue weighted by Gasteiger charge is 2.30. The molecule has 3 rings (SSSR count). The van der Waals surface area contributed by atoms with Crippen molar-refractivity contribution in [3.8, 4) is 5.75 Å². The van der Waals surface area contributed by atoms with Crippen LogP contribution in [0.1, 0.15) is 25.5 Å². The van der Waals surface area contributed by atoms with Crippen LogP contribution in [0.5, 0.6) is 5.75 Å². The Kier molecular flexibility index (Phi) is 4.85. The lowest BCUT2D eigenvalue weighted by molar-refractivity contribution is -0.119. The van der Waals surface area contributed by atoms with E-state index in [0.717, 1.165) is 24.4 Å². The van der Waals surface area contributed by atoms with Crippen molar-refractivity contribution in [1.29, 1.82) is 0 Å². The molecule has 1 atom stereocenters. The molecule has 1 aromatic heterocycles. The van der Waals surface area contributed by atoms with Gasteiger partial charge in [-0.05, 0) is 24.6 Å². The lowest BCUT2D eigenvalue weighted by Gasteiger charge is -2.38. The van der Waals surface area contributed by atoms with Crippen molar-refractivity contribution < 1.29 is 9.53 Å². The predicted molar refractivity (Wildman–Crippen MR) is 92.3 cm³/mol. The van der Waals surface area contributed by atoms with Crippen molar-refractivity contribution in [2.75, 3.05) is 18.0 Å². The Morgan fingerprint density at radius 1 is 1.29 bits per heavy atom. The number of rotatable bonds is 5. The van der Waals surface area contributed by atoms with Gasteiger partial charge >= 0.3 is 0 Å². The Labute approximate surface area is 145 Å². The van der Waals surface area contributed by atoms with Crippen molar-refractivity contribution in [2.24, 2.45) is 0 Å². The molecular formula is C17H19ClN4O2. The fourth-order valence-electron chi connectivity index (χ4n) is 2.56. The summed E-state index contributed by atoms with van der Waals surface area (Å²) in [6, 6.07) is 7.77. The first-order valence-corrected chi connectivity index (χ1v) is 8.15. The minimum absolute atomic E-state index is 0.0159. The molecule has 1 aliphatic rings. The molecular weight excluding hydrogens is 328 g/mol. The highest BCUT2D eigenvalue weighted by molar-refractivity contribution is 6.30. The zero-order valence-corrected chi connectivity index (χ0v) is 14.3. The highest BCUT2D eigenvalue weighted by Crippen LogP contribution is 2.23. The number of anilines is 1. The van der Waals surface area contributed by atoms with Crippen LogP contribution in [0.25, 0.3) is 0 Å². The monoisotopic (exact) mass is 346 g/mol. The quantitative estimate of drug-likeness (QED) is 0.901. The Morgan fingerprint density at radius 3 is 2.50 bits per heavy atom. The van der Waals surface area contributed by atoms with Gasteiger partial charge in [0.05, 0.1) is 36.5 Å². The number of ether oxygens (including phenoxy) is 1. The summed E-state index contributed by atoms with van der Waals surface area (Å²) in [7, 11) is 0. The molecule has 126 valence electrons. The summed E-state index contributed by atoms with van der Waals surface area (Å²) in [6.07, 6.45) is 3.29. The Hall–Kier alpha value is -2.34. The number of benzene rings is 1. The van der Waals surface area contributed by atoms with Crippen molar-refractivity contribution in [1.82, 2.24) is 15.3 Å². The van der Waals surface area contributed by atoms with Gasteiger partial charge in [-0.25, -0.2) is 9.97 Å². The summed E-state index contributed by atoms with van der Waals surface area (Å²) in [5.41, 5.74) is 1.04. The van der Waals surface area contributed by atoms with Crippen LogP contribution in [-0.2, 0) is 4.79 Å². The fourth-order valence-corrected chi connectivity index (χ4v) is 2.66. The molecule has 1 unspecified atom stereocenters. The van der Waals surface area contributed by atoms with Gasteiger partial charge in [0.1, 0.15) is 11.9 Å². The lowest BCUT2D eigenvalue weighted by Crippen LogP contribution is -2.54. The van der Waals surface area contributed by atoms with E-state index in [2.05, 4.69) is 15.3 Å². The van der Waals surface area contributed by atoms with Crippen LogP contribution in [-0.4, -0.2) is 35.1 Å². The van der Waals surface area contributed by atoms with Crippen LogP contribution in [0.15, 0.2) is 36.7 Å². The molecule has 0 aliphatic carbocycles. The molecule has 7 heteroatoms. The van der Waals surface area contributed by atoms with Crippen molar-refractivity contribution in [2.45, 2.75) is 26.0 Å². The van der Waals surface area contributed by atoms with Gasteiger partial charge in [0.25, 0.3) is 0 Å². The smallest absolute Gasteiger partial charge is 0.225 e. The number of amides is 1. The van der Waals surface area contributed by atoms with Gasteiger partial charge in [-0.15, -0.1) is 0 Å². The topological polar surface area (TPSA) is 67.3 Å². The van der Waals surface area contributed by atoms with Crippen LogP contribution in [0.2, 0.25) is 5.02 Å². The largest absolute Gasteiger partial charge is 0.487 e. The average molecular weight is 347 g/mol. The summed E-state index contributed by atoms with van der Waals surface area (Å²) < 4.78 is 5.93. The first kappa shape index (κ1) is 16.5. The van der Waals surface area contributed by atoms with Gasteiger partial charge in [0.15, 0.2) is 0 Å². The molecule has 0 spiro atoms. The molecule has 0 saturated carbocycles. The number of halogens is 1. The number of carbonyl (C=O) groups excluding carboxylic acids is 1. The van der Waals surface area contributed by atoms with E-state index in [1.54, 1.807) is 12.4 Å². The van der Waals surface area contributed by atoms with E-state index < -0.39 is 0 Å². The Morgan fingerprint density at radius 2 is 1.92 bits per heavy atom. The highest BCUT2D eigenvalue weighted by atomic mass is 35.5. The minimum Gasteiger partial charge on any atom is -0.487 e. The number of nitrogens with zero attached hydrogens (tertiary/aromatic N) is 3. The molecule has 1 amide bonds. The molecule has 1 aliphatic heterocycles. The maximum absolute atomic E-state index is 11.1. The molecule has 1 fully saturated rings. The first-order chi connectivity index (χ1) is 11.5. The van der Waals surface area contributed by atoms with E-state index in [1.165, 1.54) is 6.92 Å². The summed E-state index contributed by atoms with van der Waals surface area (Å²) in [5, 5.41) is 3.39. The minimum atomic E-state index is -0.0400. The van der Waals surface area contributed by atoms with Crippen LogP contribution in [0.4, 0.5) is 5.95 Å². The second kappa shape index (κ2) is 7.05. The molecule has 0 radical (unpaired) electrons. The fraction of sp³-hybridized carbons (Fsp3) is 0.353. The molecule has 1 N–H and O–H groups in total. The van der Waals surface area contributed by atoms with Crippen molar-refractivity contribution >= 4 is 23.5 Å². The lowest BCUT2D eigenvalue weighted by atomic mass is 10.1. The molecule has 24 heavy (non-hydrogen) atoms.